The van der Waals surface area contributed by atoms with Crippen molar-refractivity contribution in [3.8, 4) is 11.3 Å². The number of hydrogen-bond acceptors (Lipinski definition) is 4. The third-order valence-electron chi connectivity index (χ3n) is 4.54. The van der Waals surface area contributed by atoms with Crippen LogP contribution in [-0.2, 0) is 0 Å². The minimum Gasteiger partial charge on any atom is -0.349 e. The molecule has 0 aromatic carbocycles. The molecule has 6 nitrogen and oxygen atoms in total. The Labute approximate surface area is 139 Å². The molecule has 6 heteroatoms. The first-order valence-corrected chi connectivity index (χ1v) is 8.20. The third-order valence-corrected chi connectivity index (χ3v) is 4.54. The highest BCUT2D eigenvalue weighted by Crippen LogP contribution is 2.32. The maximum absolute atomic E-state index is 12.6. The maximum atomic E-state index is 12.6. The minimum atomic E-state index is -0.111. The van der Waals surface area contributed by atoms with E-state index in [-0.39, 0.29) is 11.9 Å². The molecule has 1 aliphatic rings. The molecule has 0 bridgehead atoms. The van der Waals surface area contributed by atoms with Crippen molar-refractivity contribution in [1.82, 2.24) is 24.9 Å². The summed E-state index contributed by atoms with van der Waals surface area (Å²) in [5.74, 6) is 0.496. The zero-order chi connectivity index (χ0) is 16.7. The molecule has 1 aliphatic carbocycles. The van der Waals surface area contributed by atoms with Crippen molar-refractivity contribution in [2.75, 3.05) is 0 Å². The number of aromatic nitrogens is 4. The van der Waals surface area contributed by atoms with Crippen molar-refractivity contribution < 1.29 is 4.79 Å². The molecule has 0 radical (unpaired) electrons. The average molecular weight is 321 g/mol. The molecule has 4 rings (SSSR count). The Morgan fingerprint density at radius 3 is 2.92 bits per heavy atom. The third kappa shape index (κ3) is 2.64. The van der Waals surface area contributed by atoms with Crippen LogP contribution in [0, 0.1) is 12.8 Å². The molecule has 3 aromatic heterocycles. The summed E-state index contributed by atoms with van der Waals surface area (Å²) in [4.78, 5) is 21.4. The summed E-state index contributed by atoms with van der Waals surface area (Å²) >= 11 is 0. The van der Waals surface area contributed by atoms with Crippen LogP contribution in [0.1, 0.15) is 35.8 Å². The van der Waals surface area contributed by atoms with Gasteiger partial charge in [0.25, 0.3) is 5.91 Å². The number of carbonyl (C=O) groups is 1. The van der Waals surface area contributed by atoms with Crippen LogP contribution < -0.4 is 5.32 Å². The second-order valence-electron chi connectivity index (χ2n) is 6.42. The van der Waals surface area contributed by atoms with E-state index in [4.69, 9.17) is 0 Å². The van der Waals surface area contributed by atoms with Crippen molar-refractivity contribution in [3.63, 3.8) is 0 Å². The van der Waals surface area contributed by atoms with Gasteiger partial charge in [0.05, 0.1) is 11.9 Å². The molecule has 122 valence electrons. The lowest BCUT2D eigenvalue weighted by Gasteiger charge is -2.12. The monoisotopic (exact) mass is 321 g/mol. The van der Waals surface area contributed by atoms with Crippen LogP contribution >= 0.6 is 0 Å². The van der Waals surface area contributed by atoms with Crippen molar-refractivity contribution in [3.05, 3.63) is 48.0 Å². The smallest absolute Gasteiger partial charge is 0.256 e. The molecule has 0 aliphatic heterocycles. The number of nitrogens with zero attached hydrogens (tertiary/aromatic N) is 4. The summed E-state index contributed by atoms with van der Waals surface area (Å²) in [6, 6.07) is 5.97. The van der Waals surface area contributed by atoms with Gasteiger partial charge in [-0.15, -0.1) is 0 Å². The van der Waals surface area contributed by atoms with Gasteiger partial charge in [-0.05, 0) is 50.8 Å². The Kier molecular flexibility index (Phi) is 3.52. The molecule has 1 atom stereocenters. The Balaban J connectivity index is 1.74. The van der Waals surface area contributed by atoms with Crippen LogP contribution in [0.4, 0.5) is 0 Å². The predicted octanol–water partition coefficient (Wildman–Crippen LogP) is 2.63. The van der Waals surface area contributed by atoms with Gasteiger partial charge in [-0.25, -0.2) is 9.50 Å². The number of amides is 1. The molecular weight excluding hydrogens is 302 g/mol. The number of carbonyl (C=O) groups excluding carboxylic acids is 1. The van der Waals surface area contributed by atoms with Crippen LogP contribution in [0.25, 0.3) is 16.9 Å². The summed E-state index contributed by atoms with van der Waals surface area (Å²) in [5, 5.41) is 7.39. The van der Waals surface area contributed by atoms with E-state index in [1.54, 1.807) is 23.1 Å². The van der Waals surface area contributed by atoms with Gasteiger partial charge in [0.2, 0.25) is 0 Å². The highest BCUT2D eigenvalue weighted by atomic mass is 16.1. The molecule has 1 N–H and O–H groups in total. The van der Waals surface area contributed by atoms with E-state index in [2.05, 4.69) is 27.3 Å². The Morgan fingerprint density at radius 2 is 2.21 bits per heavy atom. The molecule has 3 aromatic rings. The fourth-order valence-electron chi connectivity index (χ4n) is 2.93. The molecule has 1 amide bonds. The van der Waals surface area contributed by atoms with Crippen LogP contribution in [0.3, 0.4) is 0 Å². The van der Waals surface area contributed by atoms with Crippen LogP contribution in [-0.4, -0.2) is 31.5 Å². The van der Waals surface area contributed by atoms with E-state index in [1.165, 1.54) is 12.8 Å². The highest BCUT2D eigenvalue weighted by molar-refractivity contribution is 6.00. The minimum absolute atomic E-state index is 0.111. The van der Waals surface area contributed by atoms with Gasteiger partial charge in [-0.1, -0.05) is 0 Å². The summed E-state index contributed by atoms with van der Waals surface area (Å²) in [5.41, 5.74) is 3.72. The zero-order valence-electron chi connectivity index (χ0n) is 13.7. The lowest BCUT2D eigenvalue weighted by molar-refractivity contribution is 0.0937. The number of rotatable bonds is 4. The van der Waals surface area contributed by atoms with Crippen molar-refractivity contribution in [2.45, 2.75) is 32.7 Å². The lowest BCUT2D eigenvalue weighted by atomic mass is 10.1. The van der Waals surface area contributed by atoms with Crippen LogP contribution in [0.2, 0.25) is 0 Å². The van der Waals surface area contributed by atoms with E-state index >= 15 is 0 Å². The first-order chi connectivity index (χ1) is 11.6. The quantitative estimate of drug-likeness (QED) is 0.802. The highest BCUT2D eigenvalue weighted by Gasteiger charge is 2.29. The van der Waals surface area contributed by atoms with Gasteiger partial charge in [-0.2, -0.15) is 5.10 Å². The number of hydrogen-bond donors (Lipinski definition) is 1. The summed E-state index contributed by atoms with van der Waals surface area (Å²) < 4.78 is 1.70. The van der Waals surface area contributed by atoms with E-state index in [1.807, 2.05) is 25.1 Å². The van der Waals surface area contributed by atoms with Crippen molar-refractivity contribution in [1.29, 1.82) is 0 Å². The van der Waals surface area contributed by atoms with Crippen molar-refractivity contribution >= 4 is 11.6 Å². The number of pyridine rings is 1. The van der Waals surface area contributed by atoms with Crippen LogP contribution in [0.5, 0.6) is 0 Å². The second-order valence-corrected chi connectivity index (χ2v) is 6.42. The van der Waals surface area contributed by atoms with Gasteiger partial charge in [-0.3, -0.25) is 9.78 Å². The largest absolute Gasteiger partial charge is 0.349 e. The lowest BCUT2D eigenvalue weighted by Crippen LogP contribution is -2.34. The van der Waals surface area contributed by atoms with Crippen molar-refractivity contribution in [2.24, 2.45) is 5.92 Å². The van der Waals surface area contributed by atoms with Gasteiger partial charge in [0.1, 0.15) is 5.56 Å². The SMILES string of the molecule is Cc1cc(-c2cccnc2)nc2c(C(=O)NC(C)C3CC3)cnn12. The first-order valence-electron chi connectivity index (χ1n) is 8.20. The molecular formula is C18H19N5O. The number of fused-ring (bicyclic) bond motifs is 1. The van der Waals surface area contributed by atoms with E-state index in [9.17, 15) is 4.79 Å². The molecule has 0 saturated heterocycles. The standard InChI is InChI=1S/C18H19N5O/c1-11-8-16(14-4-3-7-19-9-14)22-17-15(10-20-23(11)17)18(24)21-12(2)13-5-6-13/h3-4,7-10,12-13H,5-6H2,1-2H3,(H,21,24). The molecule has 24 heavy (non-hydrogen) atoms. The van der Waals surface area contributed by atoms with Gasteiger partial charge in [0, 0.05) is 29.7 Å². The first kappa shape index (κ1) is 14.8. The Hall–Kier alpha value is -2.76. The molecule has 0 spiro atoms. The fraction of sp³-hybridized carbons (Fsp3) is 0.333. The van der Waals surface area contributed by atoms with Gasteiger partial charge < -0.3 is 5.32 Å². The second kappa shape index (κ2) is 5.70. The fourth-order valence-corrected chi connectivity index (χ4v) is 2.93. The van der Waals surface area contributed by atoms with E-state index in [0.29, 0.717) is 17.1 Å². The Bertz CT molecular complexity index is 898. The molecule has 3 heterocycles. The molecule has 1 unspecified atom stereocenters. The van der Waals surface area contributed by atoms with Gasteiger partial charge >= 0.3 is 0 Å². The zero-order valence-corrected chi connectivity index (χ0v) is 13.7. The summed E-state index contributed by atoms with van der Waals surface area (Å²) in [6.07, 6.45) is 7.48. The molecule has 1 saturated carbocycles. The van der Waals surface area contributed by atoms with E-state index < -0.39 is 0 Å². The average Bonchev–Trinajstić information content (AvgIpc) is 3.35. The normalized spacial score (nSPS) is 15.4. The summed E-state index contributed by atoms with van der Waals surface area (Å²) in [6.45, 7) is 4.01. The molecule has 1 fully saturated rings. The number of aryl methyl sites for hydroxylation is 1. The van der Waals surface area contributed by atoms with E-state index in [0.717, 1.165) is 17.0 Å². The topological polar surface area (TPSA) is 72.2 Å². The van der Waals surface area contributed by atoms with Gasteiger partial charge in [0.15, 0.2) is 5.65 Å². The predicted molar refractivity (Wildman–Crippen MR) is 90.6 cm³/mol. The number of nitrogens with one attached hydrogen (secondary N) is 1. The Morgan fingerprint density at radius 1 is 1.38 bits per heavy atom. The summed E-state index contributed by atoms with van der Waals surface area (Å²) in [7, 11) is 0. The van der Waals surface area contributed by atoms with Crippen LogP contribution in [0.15, 0.2) is 36.8 Å². The maximum Gasteiger partial charge on any atom is 0.256 e.